The Balaban J connectivity index is 2.05. The maximum absolute atomic E-state index is 10.8. The van der Waals surface area contributed by atoms with E-state index in [0.717, 1.165) is 71.7 Å². The number of hydrogen-bond donors (Lipinski definition) is 2. The van der Waals surface area contributed by atoms with Gasteiger partial charge in [-0.1, -0.05) is 250 Å². The summed E-state index contributed by atoms with van der Waals surface area (Å²) in [5.41, 5.74) is 1.44. The Morgan fingerprint density at radius 3 is 0.746 bits per heavy atom. The number of ether oxygens (including phenoxy) is 2. The minimum Gasteiger partial charge on any atom is -0.504 e. The fraction of sp³-hybridized carbons (Fsp3) is 0.898. The first kappa shape index (κ1) is 59.4. The highest BCUT2D eigenvalue weighted by Gasteiger charge is 2.23. The number of phenolic OH excluding ortho intramolecular Hbond substituents is 2. The summed E-state index contributed by atoms with van der Waals surface area (Å²) in [6.45, 7) is 28.8. The third kappa shape index (κ3) is 28.3. The third-order valence-electron chi connectivity index (χ3n) is 15.7. The smallest absolute Gasteiger partial charge is 0.207 e. The van der Waals surface area contributed by atoms with Gasteiger partial charge in [-0.25, -0.2) is 0 Å². The van der Waals surface area contributed by atoms with E-state index in [-0.39, 0.29) is 23.0 Å². The second-order valence-electron chi connectivity index (χ2n) is 23.1. The molecule has 0 spiro atoms. The molecule has 0 aliphatic rings. The molecule has 372 valence electrons. The van der Waals surface area contributed by atoms with Crippen LogP contribution in [0.4, 0.5) is 0 Å². The Labute approximate surface area is 395 Å². The third-order valence-corrected chi connectivity index (χ3v) is 15.7. The minimum atomic E-state index is 0.0584. The average molecular weight is 886 g/mol. The fourth-order valence-electron chi connectivity index (χ4n) is 10.6. The average Bonchev–Trinajstić information content (AvgIpc) is 3.21. The molecule has 0 radical (unpaired) electrons. The van der Waals surface area contributed by atoms with Crippen molar-refractivity contribution in [1.82, 2.24) is 0 Å². The van der Waals surface area contributed by atoms with Crippen LogP contribution >= 0.6 is 0 Å². The monoisotopic (exact) mass is 885 g/mol. The molecule has 0 bridgehead atoms. The van der Waals surface area contributed by atoms with Crippen molar-refractivity contribution in [3.05, 3.63) is 11.1 Å². The van der Waals surface area contributed by atoms with Crippen LogP contribution in [0.25, 0.3) is 0 Å². The van der Waals surface area contributed by atoms with Gasteiger partial charge in [0.1, 0.15) is 0 Å². The lowest BCUT2D eigenvalue weighted by atomic mass is 9.88. The van der Waals surface area contributed by atoms with E-state index in [1.807, 2.05) is 6.92 Å². The molecule has 0 saturated heterocycles. The first-order chi connectivity index (χ1) is 30.0. The molecule has 63 heavy (non-hydrogen) atoms. The van der Waals surface area contributed by atoms with Crippen LogP contribution in [0.3, 0.4) is 0 Å². The molecule has 0 aromatic heterocycles. The van der Waals surface area contributed by atoms with Crippen LogP contribution in [0.2, 0.25) is 0 Å². The van der Waals surface area contributed by atoms with Crippen LogP contribution in [-0.2, 0) is 6.42 Å². The molecular formula is C59H112O4. The highest BCUT2D eigenvalue weighted by Crippen LogP contribution is 2.48. The lowest BCUT2D eigenvalue weighted by Crippen LogP contribution is -2.04. The van der Waals surface area contributed by atoms with Crippen LogP contribution in [0.5, 0.6) is 23.0 Å². The quantitative estimate of drug-likeness (QED) is 0.0643. The van der Waals surface area contributed by atoms with Crippen LogP contribution in [0.15, 0.2) is 0 Å². The molecule has 0 unspecified atom stereocenters. The Kier molecular flexibility index (Phi) is 33.6. The second kappa shape index (κ2) is 35.6. The van der Waals surface area contributed by atoms with E-state index in [9.17, 15) is 10.2 Å². The zero-order chi connectivity index (χ0) is 47.2. The van der Waals surface area contributed by atoms with Crippen LogP contribution in [-0.4, -0.2) is 24.4 Å². The van der Waals surface area contributed by atoms with Gasteiger partial charge in [0.15, 0.2) is 11.5 Å². The molecule has 2 N–H and O–H groups in total. The Hall–Kier alpha value is -1.58. The normalized spacial score (nSPS) is 16.4. The van der Waals surface area contributed by atoms with Crippen molar-refractivity contribution in [2.24, 2.45) is 59.2 Å². The Morgan fingerprint density at radius 2 is 0.524 bits per heavy atom. The van der Waals surface area contributed by atoms with Gasteiger partial charge in [-0.2, -0.15) is 0 Å². The topological polar surface area (TPSA) is 58.9 Å². The van der Waals surface area contributed by atoms with Gasteiger partial charge in [-0.15, -0.1) is 0 Å². The summed E-state index contributed by atoms with van der Waals surface area (Å²) < 4.78 is 10.6. The molecule has 1 aromatic carbocycles. The van der Waals surface area contributed by atoms with Crippen molar-refractivity contribution in [3.63, 3.8) is 0 Å². The minimum absolute atomic E-state index is 0.0584. The molecule has 9 atom stereocenters. The van der Waals surface area contributed by atoms with Crippen molar-refractivity contribution in [3.8, 4) is 23.0 Å². The van der Waals surface area contributed by atoms with Crippen molar-refractivity contribution < 1.29 is 19.7 Å². The number of methoxy groups -OCH3 is 2. The molecule has 0 fully saturated rings. The highest BCUT2D eigenvalue weighted by molar-refractivity contribution is 5.65. The van der Waals surface area contributed by atoms with Gasteiger partial charge in [0.05, 0.1) is 14.2 Å². The predicted octanol–water partition coefficient (Wildman–Crippen LogP) is 19.3. The molecule has 1 aromatic rings. The summed E-state index contributed by atoms with van der Waals surface area (Å²) in [4.78, 5) is 0. The van der Waals surface area contributed by atoms with Gasteiger partial charge < -0.3 is 19.7 Å². The van der Waals surface area contributed by atoms with Crippen molar-refractivity contribution in [2.45, 2.75) is 269 Å². The number of rotatable bonds is 41. The molecule has 0 aliphatic heterocycles. The summed E-state index contributed by atoms with van der Waals surface area (Å²) in [5.74, 6) is 9.05. The number of phenols is 2. The Morgan fingerprint density at radius 1 is 0.317 bits per heavy atom. The second-order valence-corrected chi connectivity index (χ2v) is 23.1. The molecule has 0 heterocycles. The van der Waals surface area contributed by atoms with Gasteiger partial charge in [0, 0.05) is 11.1 Å². The molecule has 0 aliphatic carbocycles. The van der Waals surface area contributed by atoms with Gasteiger partial charge in [-0.3, -0.25) is 0 Å². The first-order valence-corrected chi connectivity index (χ1v) is 27.6. The van der Waals surface area contributed by atoms with E-state index in [4.69, 9.17) is 9.47 Å². The molecule has 1 rings (SSSR count). The largest absolute Gasteiger partial charge is 0.504 e. The van der Waals surface area contributed by atoms with Gasteiger partial charge in [-0.05, 0) is 78.9 Å². The fourth-order valence-corrected chi connectivity index (χ4v) is 10.6. The maximum atomic E-state index is 10.8. The molecule has 4 nitrogen and oxygen atoms in total. The predicted molar refractivity (Wildman–Crippen MR) is 278 cm³/mol. The van der Waals surface area contributed by atoms with Gasteiger partial charge >= 0.3 is 0 Å². The molecule has 4 heteroatoms. The van der Waals surface area contributed by atoms with E-state index in [0.29, 0.717) is 11.5 Å². The molecule has 0 saturated carbocycles. The highest BCUT2D eigenvalue weighted by atomic mass is 16.5. The van der Waals surface area contributed by atoms with E-state index < -0.39 is 0 Å². The summed E-state index contributed by atoms with van der Waals surface area (Å²) >= 11 is 0. The standard InChI is InChI=1S/C59H112O4/c1-44(2)24-15-25-45(3)26-16-27-46(4)28-17-29-47(5)30-18-31-48(6)32-19-33-49(7)34-20-35-50(8)36-21-37-51(9)38-22-39-52(10)40-23-41-53(11)42-43-55-54(12)56(60)58(62-13)59(63-14)57(55)61/h44-53,60-61H,15-43H2,1-14H3/t45-,46-,47+,48+,49-,50+,51+,52+,53-/m0/s1. The number of benzene rings is 1. The van der Waals surface area contributed by atoms with Crippen molar-refractivity contribution >= 4 is 0 Å². The van der Waals surface area contributed by atoms with Crippen molar-refractivity contribution in [1.29, 1.82) is 0 Å². The van der Waals surface area contributed by atoms with E-state index >= 15 is 0 Å². The lowest BCUT2D eigenvalue weighted by molar-refractivity contribution is 0.313. The summed E-state index contributed by atoms with van der Waals surface area (Å²) in [5, 5.41) is 21.4. The van der Waals surface area contributed by atoms with Crippen molar-refractivity contribution in [2.75, 3.05) is 14.2 Å². The van der Waals surface area contributed by atoms with E-state index in [1.54, 1.807) is 0 Å². The summed E-state index contributed by atoms with van der Waals surface area (Å²) in [6.07, 6.45) is 39.5. The SMILES string of the molecule is COc1c(O)c(C)c(CC[C@@H](C)CCC[C@H](C)CCC[C@H](C)CCC[C@H](C)CCC[C@@H](C)CCC[C@H](C)CCC[C@H](C)CCC[C@@H](C)CCC[C@@H](C)CCCC(C)C)c(O)c1OC. The lowest BCUT2D eigenvalue weighted by Gasteiger charge is -2.19. The summed E-state index contributed by atoms with van der Waals surface area (Å²) in [6, 6.07) is 0. The van der Waals surface area contributed by atoms with Crippen LogP contribution < -0.4 is 9.47 Å². The molecule has 0 amide bonds. The maximum Gasteiger partial charge on any atom is 0.207 e. The first-order valence-electron chi connectivity index (χ1n) is 27.6. The van der Waals surface area contributed by atoms with E-state index in [1.165, 1.54) is 188 Å². The summed E-state index contributed by atoms with van der Waals surface area (Å²) in [7, 11) is 2.97. The number of aromatic hydroxyl groups is 2. The van der Waals surface area contributed by atoms with Crippen LogP contribution in [0.1, 0.15) is 267 Å². The zero-order valence-corrected chi connectivity index (χ0v) is 45.0. The van der Waals surface area contributed by atoms with Gasteiger partial charge in [0.25, 0.3) is 0 Å². The Bertz CT molecular complexity index is 1240. The van der Waals surface area contributed by atoms with E-state index in [2.05, 4.69) is 76.2 Å². The van der Waals surface area contributed by atoms with Crippen LogP contribution in [0, 0.1) is 66.1 Å². The number of hydrogen-bond acceptors (Lipinski definition) is 4. The van der Waals surface area contributed by atoms with Gasteiger partial charge in [0.2, 0.25) is 11.5 Å². The molecular weight excluding hydrogens is 773 g/mol. The zero-order valence-electron chi connectivity index (χ0n) is 45.0.